The predicted octanol–water partition coefficient (Wildman–Crippen LogP) is 1.08. The first-order valence-corrected chi connectivity index (χ1v) is 7.47. The number of benzene rings is 1. The summed E-state index contributed by atoms with van der Waals surface area (Å²) in [7, 11) is 0. The molecule has 1 fully saturated rings. The van der Waals surface area contributed by atoms with Gasteiger partial charge in [-0.2, -0.15) is 0 Å². The number of morpholine rings is 1. The molecular weight excluding hydrogens is 278 g/mol. The third-order valence-corrected chi connectivity index (χ3v) is 3.67. The van der Waals surface area contributed by atoms with E-state index in [1.54, 1.807) is 6.20 Å². The SMILES string of the molecule is NC(=NCc1cccc(Cn2ccnc2)c1)N1CCOCC1. The van der Waals surface area contributed by atoms with E-state index in [0.29, 0.717) is 12.5 Å². The number of hydrogen-bond donors (Lipinski definition) is 1. The first-order chi connectivity index (χ1) is 10.8. The fraction of sp³-hybridized carbons (Fsp3) is 0.375. The van der Waals surface area contributed by atoms with Gasteiger partial charge in [0, 0.05) is 32.0 Å². The van der Waals surface area contributed by atoms with E-state index in [1.165, 1.54) is 5.56 Å². The second kappa shape index (κ2) is 7.09. The summed E-state index contributed by atoms with van der Waals surface area (Å²) < 4.78 is 7.36. The highest BCUT2D eigenvalue weighted by atomic mass is 16.5. The Morgan fingerprint density at radius 3 is 2.86 bits per heavy atom. The number of aromatic nitrogens is 2. The van der Waals surface area contributed by atoms with E-state index in [2.05, 4.69) is 39.1 Å². The van der Waals surface area contributed by atoms with E-state index < -0.39 is 0 Å². The van der Waals surface area contributed by atoms with Gasteiger partial charge in [-0.1, -0.05) is 24.3 Å². The van der Waals surface area contributed by atoms with E-state index in [0.717, 1.165) is 38.4 Å². The quantitative estimate of drug-likeness (QED) is 0.677. The Hall–Kier alpha value is -2.34. The van der Waals surface area contributed by atoms with Crippen LogP contribution in [0, 0.1) is 0 Å². The zero-order valence-corrected chi connectivity index (χ0v) is 12.6. The van der Waals surface area contributed by atoms with Gasteiger partial charge in [0.15, 0.2) is 5.96 Å². The lowest BCUT2D eigenvalue weighted by Crippen LogP contribution is -2.44. The van der Waals surface area contributed by atoms with E-state index in [1.807, 2.05) is 17.1 Å². The van der Waals surface area contributed by atoms with Crippen molar-refractivity contribution in [3.8, 4) is 0 Å². The molecule has 6 heteroatoms. The Bertz CT molecular complexity index is 617. The van der Waals surface area contributed by atoms with Gasteiger partial charge < -0.3 is 19.9 Å². The highest BCUT2D eigenvalue weighted by Gasteiger charge is 2.11. The summed E-state index contributed by atoms with van der Waals surface area (Å²) in [6.07, 6.45) is 5.57. The summed E-state index contributed by atoms with van der Waals surface area (Å²) in [4.78, 5) is 10.6. The van der Waals surface area contributed by atoms with Crippen molar-refractivity contribution in [2.24, 2.45) is 10.7 Å². The first-order valence-electron chi connectivity index (χ1n) is 7.47. The Balaban J connectivity index is 1.62. The summed E-state index contributed by atoms with van der Waals surface area (Å²) in [5.41, 5.74) is 8.45. The van der Waals surface area contributed by atoms with Crippen LogP contribution in [0.15, 0.2) is 48.0 Å². The fourth-order valence-corrected chi connectivity index (χ4v) is 2.48. The van der Waals surface area contributed by atoms with Gasteiger partial charge >= 0.3 is 0 Å². The second-order valence-corrected chi connectivity index (χ2v) is 5.33. The fourth-order valence-electron chi connectivity index (χ4n) is 2.48. The molecule has 0 bridgehead atoms. The normalized spacial score (nSPS) is 16.0. The summed E-state index contributed by atoms with van der Waals surface area (Å²) >= 11 is 0. The van der Waals surface area contributed by atoms with Crippen molar-refractivity contribution >= 4 is 5.96 Å². The minimum Gasteiger partial charge on any atom is -0.378 e. The van der Waals surface area contributed by atoms with Gasteiger partial charge in [0.2, 0.25) is 0 Å². The van der Waals surface area contributed by atoms with Crippen LogP contribution in [0.4, 0.5) is 0 Å². The van der Waals surface area contributed by atoms with Crippen molar-refractivity contribution in [3.63, 3.8) is 0 Å². The zero-order valence-electron chi connectivity index (χ0n) is 12.6. The molecule has 1 saturated heterocycles. The number of nitrogens with two attached hydrogens (primary N) is 1. The van der Waals surface area contributed by atoms with Crippen molar-refractivity contribution < 1.29 is 4.74 Å². The summed E-state index contributed by atoms with van der Waals surface area (Å²) in [6.45, 7) is 4.48. The monoisotopic (exact) mass is 299 g/mol. The lowest BCUT2D eigenvalue weighted by Gasteiger charge is -2.27. The number of guanidine groups is 1. The van der Waals surface area contributed by atoms with Gasteiger partial charge in [0.05, 0.1) is 26.1 Å². The minimum atomic E-state index is 0.598. The third kappa shape index (κ3) is 3.85. The number of nitrogens with zero attached hydrogens (tertiary/aromatic N) is 4. The van der Waals surface area contributed by atoms with Crippen molar-refractivity contribution in [1.82, 2.24) is 14.5 Å². The Morgan fingerprint density at radius 1 is 1.27 bits per heavy atom. The molecule has 0 amide bonds. The molecule has 2 N–H and O–H groups in total. The molecule has 6 nitrogen and oxygen atoms in total. The van der Waals surface area contributed by atoms with Crippen LogP contribution in [0.25, 0.3) is 0 Å². The maximum absolute atomic E-state index is 6.05. The molecule has 2 aromatic rings. The lowest BCUT2D eigenvalue weighted by molar-refractivity contribution is 0.0674. The van der Waals surface area contributed by atoms with Gasteiger partial charge in [0.25, 0.3) is 0 Å². The van der Waals surface area contributed by atoms with Crippen LogP contribution in [-0.2, 0) is 17.8 Å². The Morgan fingerprint density at radius 2 is 2.09 bits per heavy atom. The molecule has 1 aliphatic heterocycles. The van der Waals surface area contributed by atoms with Crippen molar-refractivity contribution in [1.29, 1.82) is 0 Å². The Kier molecular flexibility index (Phi) is 4.70. The average molecular weight is 299 g/mol. The smallest absolute Gasteiger partial charge is 0.191 e. The van der Waals surface area contributed by atoms with Gasteiger partial charge in [0.1, 0.15) is 0 Å². The maximum atomic E-state index is 6.05. The molecule has 0 atom stereocenters. The number of hydrogen-bond acceptors (Lipinski definition) is 3. The third-order valence-electron chi connectivity index (χ3n) is 3.67. The van der Waals surface area contributed by atoms with Gasteiger partial charge in [-0.05, 0) is 11.1 Å². The van der Waals surface area contributed by atoms with Crippen LogP contribution >= 0.6 is 0 Å². The highest BCUT2D eigenvalue weighted by Crippen LogP contribution is 2.09. The molecule has 1 aliphatic rings. The molecule has 116 valence electrons. The lowest BCUT2D eigenvalue weighted by atomic mass is 10.1. The van der Waals surface area contributed by atoms with E-state index in [4.69, 9.17) is 10.5 Å². The van der Waals surface area contributed by atoms with Crippen LogP contribution in [0.3, 0.4) is 0 Å². The molecule has 0 aliphatic carbocycles. The molecule has 0 unspecified atom stereocenters. The van der Waals surface area contributed by atoms with Crippen LogP contribution in [0.2, 0.25) is 0 Å². The van der Waals surface area contributed by atoms with Crippen molar-refractivity contribution in [2.45, 2.75) is 13.1 Å². The first kappa shape index (κ1) is 14.6. The number of rotatable bonds is 4. The molecule has 1 aromatic heterocycles. The van der Waals surface area contributed by atoms with Gasteiger partial charge in [-0.15, -0.1) is 0 Å². The average Bonchev–Trinajstić information content (AvgIpc) is 3.07. The van der Waals surface area contributed by atoms with Crippen LogP contribution < -0.4 is 5.73 Å². The molecule has 3 rings (SSSR count). The van der Waals surface area contributed by atoms with Crippen molar-refractivity contribution in [3.05, 3.63) is 54.1 Å². The molecule has 0 saturated carbocycles. The van der Waals surface area contributed by atoms with Crippen LogP contribution in [0.1, 0.15) is 11.1 Å². The summed E-state index contributed by atoms with van der Waals surface area (Å²) in [6, 6.07) is 8.41. The zero-order chi connectivity index (χ0) is 15.2. The predicted molar refractivity (Wildman–Crippen MR) is 85.5 cm³/mol. The van der Waals surface area contributed by atoms with E-state index in [-0.39, 0.29) is 0 Å². The number of aliphatic imine (C=N–C) groups is 1. The van der Waals surface area contributed by atoms with Gasteiger partial charge in [-0.3, -0.25) is 0 Å². The standard InChI is InChI=1S/C16H21N5O/c17-16(21-6-8-22-9-7-21)19-11-14-2-1-3-15(10-14)12-20-5-4-18-13-20/h1-5,10,13H,6-9,11-12H2,(H2,17,19). The van der Waals surface area contributed by atoms with E-state index in [9.17, 15) is 0 Å². The second-order valence-electron chi connectivity index (χ2n) is 5.33. The molecule has 0 spiro atoms. The molecule has 0 radical (unpaired) electrons. The largest absolute Gasteiger partial charge is 0.378 e. The highest BCUT2D eigenvalue weighted by molar-refractivity contribution is 5.78. The van der Waals surface area contributed by atoms with Crippen LogP contribution in [-0.4, -0.2) is 46.7 Å². The molecule has 2 heterocycles. The van der Waals surface area contributed by atoms with E-state index >= 15 is 0 Å². The number of imidazole rings is 1. The van der Waals surface area contributed by atoms with Crippen LogP contribution in [0.5, 0.6) is 0 Å². The minimum absolute atomic E-state index is 0.598. The Labute approximate surface area is 130 Å². The molecule has 22 heavy (non-hydrogen) atoms. The maximum Gasteiger partial charge on any atom is 0.191 e. The van der Waals surface area contributed by atoms with Crippen molar-refractivity contribution in [2.75, 3.05) is 26.3 Å². The molecule has 1 aromatic carbocycles. The summed E-state index contributed by atoms with van der Waals surface area (Å²) in [5, 5.41) is 0. The summed E-state index contributed by atoms with van der Waals surface area (Å²) in [5.74, 6) is 0.600. The number of ether oxygens (including phenoxy) is 1. The topological polar surface area (TPSA) is 68.7 Å². The van der Waals surface area contributed by atoms with Gasteiger partial charge in [-0.25, -0.2) is 9.98 Å². The molecular formula is C16H21N5O.